The lowest BCUT2D eigenvalue weighted by molar-refractivity contribution is -0.142. The molecule has 1 fully saturated rings. The van der Waals surface area contributed by atoms with Gasteiger partial charge in [-0.25, -0.2) is 0 Å². The van der Waals surface area contributed by atoms with Crippen molar-refractivity contribution in [2.75, 3.05) is 0 Å². The van der Waals surface area contributed by atoms with Gasteiger partial charge in [0.15, 0.2) is 11.9 Å². The Bertz CT molecular complexity index is 737. The molecule has 1 unspecified atom stereocenters. The summed E-state index contributed by atoms with van der Waals surface area (Å²) in [6.45, 7) is 2.20. The number of carbonyl (C=O) groups excluding carboxylic acids is 3. The average Bonchev–Trinajstić information content (AvgIpc) is 3.00. The van der Waals surface area contributed by atoms with Crippen molar-refractivity contribution < 1.29 is 19.1 Å². The molecule has 0 N–H and O–H groups in total. The summed E-state index contributed by atoms with van der Waals surface area (Å²) in [6.07, 6.45) is 0.212. The maximum absolute atomic E-state index is 12.7. The summed E-state index contributed by atoms with van der Waals surface area (Å²) in [5.41, 5.74) is 1.33. The van der Waals surface area contributed by atoms with Gasteiger partial charge < -0.3 is 4.74 Å². The maximum atomic E-state index is 12.7. The maximum Gasteiger partial charge on any atom is 0.271 e. The first-order valence-corrected chi connectivity index (χ1v) is 7.88. The van der Waals surface area contributed by atoms with Gasteiger partial charge in [-0.15, -0.1) is 0 Å². The van der Waals surface area contributed by atoms with Crippen molar-refractivity contribution in [2.24, 2.45) is 11.8 Å². The highest BCUT2D eigenvalue weighted by atomic mass is 16.5. The van der Waals surface area contributed by atoms with E-state index in [0.717, 1.165) is 5.56 Å². The van der Waals surface area contributed by atoms with Crippen molar-refractivity contribution >= 4 is 17.6 Å². The molecule has 1 aromatic rings. The molecule has 23 heavy (non-hydrogen) atoms. The van der Waals surface area contributed by atoms with Gasteiger partial charge in [0, 0.05) is 18.4 Å². The first kappa shape index (κ1) is 14.2. The zero-order chi connectivity index (χ0) is 16.1. The number of Topliss-reactive ketones (excluding diaryl/α,β-unsaturated/α-hetero) is 1. The number of carbonyl (C=O) groups is 3. The van der Waals surface area contributed by atoms with Crippen molar-refractivity contribution in [1.29, 1.82) is 0 Å². The lowest BCUT2D eigenvalue weighted by atomic mass is 9.83. The molecule has 1 aromatic carbocycles. The van der Waals surface area contributed by atoms with E-state index in [0.29, 0.717) is 24.2 Å². The van der Waals surface area contributed by atoms with Gasteiger partial charge in [-0.2, -0.15) is 0 Å². The molecule has 118 valence electrons. The Balaban J connectivity index is 1.64. The van der Waals surface area contributed by atoms with Crippen molar-refractivity contribution in [2.45, 2.75) is 32.4 Å². The highest BCUT2D eigenvalue weighted by Crippen LogP contribution is 2.44. The second-order valence-corrected chi connectivity index (χ2v) is 6.54. The van der Waals surface area contributed by atoms with Gasteiger partial charge in [0.25, 0.3) is 5.91 Å². The monoisotopic (exact) mass is 311 g/mol. The minimum atomic E-state index is -0.842. The van der Waals surface area contributed by atoms with Crippen molar-refractivity contribution in [3.63, 3.8) is 0 Å². The summed E-state index contributed by atoms with van der Waals surface area (Å²) in [7, 11) is 0. The third kappa shape index (κ3) is 2.11. The van der Waals surface area contributed by atoms with Gasteiger partial charge in [0.2, 0.25) is 5.91 Å². The predicted octanol–water partition coefficient (Wildman–Crippen LogP) is 1.82. The number of fused-ring (bicyclic) bond motifs is 2. The molecular weight excluding hydrogens is 294 g/mol. The van der Waals surface area contributed by atoms with E-state index in [2.05, 4.69) is 0 Å². The van der Waals surface area contributed by atoms with E-state index < -0.39 is 12.0 Å². The zero-order valence-electron chi connectivity index (χ0n) is 12.8. The summed E-state index contributed by atoms with van der Waals surface area (Å²) in [5, 5.41) is 0. The Morgan fingerprint density at radius 3 is 2.57 bits per heavy atom. The van der Waals surface area contributed by atoms with Crippen molar-refractivity contribution in [3.05, 3.63) is 47.2 Å². The number of allylic oxidation sites excluding steroid dienone is 1. The number of imide groups is 1. The molecule has 0 aromatic heterocycles. The minimum Gasteiger partial charge on any atom is -0.483 e. The van der Waals surface area contributed by atoms with Crippen molar-refractivity contribution in [1.82, 2.24) is 4.90 Å². The van der Waals surface area contributed by atoms with Gasteiger partial charge in [-0.1, -0.05) is 37.3 Å². The van der Waals surface area contributed by atoms with Crippen LogP contribution in [0.1, 0.15) is 25.3 Å². The Kier molecular flexibility index (Phi) is 3.11. The third-order valence-corrected chi connectivity index (χ3v) is 4.78. The van der Waals surface area contributed by atoms with E-state index in [1.165, 1.54) is 4.90 Å². The van der Waals surface area contributed by atoms with Crippen LogP contribution in [0.15, 0.2) is 41.7 Å². The fraction of sp³-hybridized carbons (Fsp3) is 0.389. The first-order valence-electron chi connectivity index (χ1n) is 7.88. The van der Waals surface area contributed by atoms with Crippen LogP contribution in [0.4, 0.5) is 0 Å². The molecule has 2 aliphatic heterocycles. The van der Waals surface area contributed by atoms with Crippen LogP contribution in [0.2, 0.25) is 0 Å². The number of ether oxygens (including phenoxy) is 1. The molecule has 3 aliphatic rings. The second-order valence-electron chi connectivity index (χ2n) is 6.54. The quantitative estimate of drug-likeness (QED) is 0.782. The lowest BCUT2D eigenvalue weighted by Crippen LogP contribution is -2.33. The van der Waals surface area contributed by atoms with E-state index in [1.807, 2.05) is 37.3 Å². The van der Waals surface area contributed by atoms with E-state index in [1.54, 1.807) is 0 Å². The largest absolute Gasteiger partial charge is 0.483 e. The number of hydrogen-bond donors (Lipinski definition) is 0. The SMILES string of the molecule is CC1CC(=O)C2=C(C1)O[C@@H]1C(=O)N(Cc3ccccc3)C(=O)[C@H]21. The Hall–Kier alpha value is -2.43. The van der Waals surface area contributed by atoms with Crippen LogP contribution < -0.4 is 0 Å². The molecule has 5 heteroatoms. The molecule has 2 amide bonds. The summed E-state index contributed by atoms with van der Waals surface area (Å²) in [6, 6.07) is 9.35. The standard InChI is InChI=1S/C18H17NO4/c1-10-7-12(20)14-13(8-10)23-16-15(14)17(21)19(18(16)22)9-11-5-3-2-4-6-11/h2-6,10,15-16H,7-9H2,1H3/t10?,15-,16+/m1/s1. The predicted molar refractivity (Wildman–Crippen MR) is 80.8 cm³/mol. The first-order chi connectivity index (χ1) is 11.1. The van der Waals surface area contributed by atoms with Gasteiger partial charge in [0.1, 0.15) is 11.7 Å². The molecule has 1 saturated heterocycles. The smallest absolute Gasteiger partial charge is 0.271 e. The molecule has 0 saturated carbocycles. The van der Waals surface area contributed by atoms with Crippen LogP contribution in [-0.4, -0.2) is 28.6 Å². The molecule has 0 bridgehead atoms. The van der Waals surface area contributed by atoms with E-state index in [-0.39, 0.29) is 30.1 Å². The number of rotatable bonds is 2. The lowest BCUT2D eigenvalue weighted by Gasteiger charge is -2.21. The topological polar surface area (TPSA) is 63.7 Å². The van der Waals surface area contributed by atoms with E-state index >= 15 is 0 Å². The van der Waals surface area contributed by atoms with Crippen LogP contribution in [0.25, 0.3) is 0 Å². The molecule has 0 radical (unpaired) electrons. The van der Waals surface area contributed by atoms with Crippen LogP contribution in [-0.2, 0) is 25.7 Å². The minimum absolute atomic E-state index is 0.0473. The number of hydrogen-bond acceptors (Lipinski definition) is 4. The number of benzene rings is 1. The Morgan fingerprint density at radius 1 is 1.09 bits per heavy atom. The molecule has 0 spiro atoms. The summed E-state index contributed by atoms with van der Waals surface area (Å²) < 4.78 is 5.73. The number of amides is 2. The van der Waals surface area contributed by atoms with Crippen LogP contribution >= 0.6 is 0 Å². The van der Waals surface area contributed by atoms with Gasteiger partial charge >= 0.3 is 0 Å². The van der Waals surface area contributed by atoms with E-state index in [4.69, 9.17) is 4.74 Å². The van der Waals surface area contributed by atoms with Crippen LogP contribution in [0, 0.1) is 11.8 Å². The van der Waals surface area contributed by atoms with Crippen molar-refractivity contribution in [3.8, 4) is 0 Å². The highest BCUT2D eigenvalue weighted by Gasteiger charge is 2.57. The molecular formula is C18H17NO4. The summed E-state index contributed by atoms with van der Waals surface area (Å²) in [4.78, 5) is 38.8. The second kappa shape index (κ2) is 5.05. The third-order valence-electron chi connectivity index (χ3n) is 4.78. The number of ketones is 1. The summed E-state index contributed by atoms with van der Waals surface area (Å²) >= 11 is 0. The number of likely N-dealkylation sites (tertiary alicyclic amines) is 1. The molecule has 3 atom stereocenters. The Morgan fingerprint density at radius 2 is 1.83 bits per heavy atom. The van der Waals surface area contributed by atoms with Crippen LogP contribution in [0.5, 0.6) is 0 Å². The van der Waals surface area contributed by atoms with Gasteiger partial charge in [0.05, 0.1) is 6.54 Å². The normalized spacial score (nSPS) is 29.7. The average molecular weight is 311 g/mol. The molecule has 4 rings (SSSR count). The van der Waals surface area contributed by atoms with Gasteiger partial charge in [-0.05, 0) is 11.5 Å². The van der Waals surface area contributed by atoms with E-state index in [9.17, 15) is 14.4 Å². The number of nitrogens with zero attached hydrogens (tertiary/aromatic N) is 1. The molecule has 1 aliphatic carbocycles. The molecule has 5 nitrogen and oxygen atoms in total. The zero-order valence-corrected chi connectivity index (χ0v) is 12.8. The Labute approximate surface area is 133 Å². The molecule has 2 heterocycles. The van der Waals surface area contributed by atoms with Crippen LogP contribution in [0.3, 0.4) is 0 Å². The highest BCUT2D eigenvalue weighted by molar-refractivity contribution is 6.14. The summed E-state index contributed by atoms with van der Waals surface area (Å²) in [5.74, 6) is -0.666. The fourth-order valence-electron chi connectivity index (χ4n) is 3.71. The van der Waals surface area contributed by atoms with Gasteiger partial charge in [-0.3, -0.25) is 19.3 Å². The fourth-order valence-corrected chi connectivity index (χ4v) is 3.71.